The Kier molecular flexibility index (Phi) is 5.95. The van der Waals surface area contributed by atoms with E-state index >= 15 is 0 Å². The van der Waals surface area contributed by atoms with Gasteiger partial charge in [0.05, 0.1) is 4.92 Å². The highest BCUT2D eigenvalue weighted by atomic mass is 16.6. The normalized spacial score (nSPS) is 9.36. The van der Waals surface area contributed by atoms with Crippen molar-refractivity contribution in [3.63, 3.8) is 0 Å². The van der Waals surface area contributed by atoms with Gasteiger partial charge in [0.1, 0.15) is 0 Å². The van der Waals surface area contributed by atoms with Gasteiger partial charge in [-0.05, 0) is 19.1 Å². The predicted molar refractivity (Wildman–Crippen MR) is 81.0 cm³/mol. The fourth-order valence-electron chi connectivity index (χ4n) is 1.76. The number of nitro benzene ring substituents is 1. The molecule has 2 aromatic carbocycles. The van der Waals surface area contributed by atoms with Crippen LogP contribution in [0.3, 0.4) is 0 Å². The van der Waals surface area contributed by atoms with Crippen LogP contribution in [0.15, 0.2) is 48.5 Å². The van der Waals surface area contributed by atoms with Gasteiger partial charge in [0.15, 0.2) is 5.78 Å². The van der Waals surface area contributed by atoms with Gasteiger partial charge in [-0.2, -0.15) is 0 Å². The van der Waals surface area contributed by atoms with Crippen LogP contribution in [0.25, 0.3) is 0 Å². The summed E-state index contributed by atoms with van der Waals surface area (Å²) in [6.45, 7) is 2.71. The van der Waals surface area contributed by atoms with Gasteiger partial charge >= 0.3 is 0 Å². The lowest BCUT2D eigenvalue weighted by Gasteiger charge is -2.03. The van der Waals surface area contributed by atoms with Gasteiger partial charge in [-0.1, -0.05) is 30.3 Å². The molecule has 0 heterocycles. The Hall–Kier alpha value is -3.02. The quantitative estimate of drug-likeness (QED) is 0.533. The lowest BCUT2D eigenvalue weighted by atomic mass is 10.0. The number of aryl methyl sites for hydroxylation is 1. The van der Waals surface area contributed by atoms with Crippen molar-refractivity contribution >= 4 is 17.4 Å². The van der Waals surface area contributed by atoms with Crippen LogP contribution in [0.4, 0.5) is 5.69 Å². The molecule has 0 fully saturated rings. The summed E-state index contributed by atoms with van der Waals surface area (Å²) in [7, 11) is 0. The van der Waals surface area contributed by atoms with Crippen molar-refractivity contribution in [1.82, 2.24) is 0 Å². The highest BCUT2D eigenvalue weighted by Crippen LogP contribution is 2.20. The van der Waals surface area contributed by atoms with Crippen LogP contribution in [0.5, 0.6) is 0 Å². The van der Waals surface area contributed by atoms with E-state index in [0.29, 0.717) is 16.7 Å². The molecular formula is C16H15NO5. The summed E-state index contributed by atoms with van der Waals surface area (Å²) < 4.78 is 0. The zero-order chi connectivity index (χ0) is 16.7. The number of carbonyl (C=O) groups excluding carboxylic acids is 1. The first-order valence-corrected chi connectivity index (χ1v) is 6.37. The number of nitro groups is 1. The molecule has 0 amide bonds. The molecule has 0 aromatic heterocycles. The van der Waals surface area contributed by atoms with Crippen LogP contribution in [0, 0.1) is 17.0 Å². The first-order valence-electron chi connectivity index (χ1n) is 6.37. The molecule has 22 heavy (non-hydrogen) atoms. The van der Waals surface area contributed by atoms with Crippen molar-refractivity contribution in [3.8, 4) is 0 Å². The highest BCUT2D eigenvalue weighted by Gasteiger charge is 2.14. The lowest BCUT2D eigenvalue weighted by Crippen LogP contribution is -2.02. The number of hydrogen-bond donors (Lipinski definition) is 1. The SMILES string of the molecule is CC(=O)O.Cc1cc(C(=O)c2ccccc2)ccc1[N+](=O)[O-]. The fourth-order valence-corrected chi connectivity index (χ4v) is 1.76. The number of carboxylic acid groups (broad SMARTS) is 1. The van der Waals surface area contributed by atoms with Crippen molar-refractivity contribution in [1.29, 1.82) is 0 Å². The molecule has 0 saturated heterocycles. The van der Waals surface area contributed by atoms with Gasteiger partial charge in [-0.3, -0.25) is 19.7 Å². The molecule has 0 saturated carbocycles. The third-order valence-corrected chi connectivity index (χ3v) is 2.69. The first-order chi connectivity index (χ1) is 10.3. The molecule has 114 valence electrons. The smallest absolute Gasteiger partial charge is 0.300 e. The molecular weight excluding hydrogens is 286 g/mol. The molecule has 6 heteroatoms. The van der Waals surface area contributed by atoms with Crippen molar-refractivity contribution in [2.24, 2.45) is 0 Å². The second-order valence-electron chi connectivity index (χ2n) is 4.47. The third kappa shape index (κ3) is 4.82. The summed E-state index contributed by atoms with van der Waals surface area (Å²) in [5, 5.41) is 18.1. The number of hydrogen-bond acceptors (Lipinski definition) is 4. The summed E-state index contributed by atoms with van der Waals surface area (Å²) >= 11 is 0. The average molecular weight is 301 g/mol. The Morgan fingerprint density at radius 2 is 1.59 bits per heavy atom. The number of carboxylic acids is 1. The first kappa shape index (κ1) is 17.0. The minimum atomic E-state index is -0.833. The summed E-state index contributed by atoms with van der Waals surface area (Å²) in [4.78, 5) is 31.4. The summed E-state index contributed by atoms with van der Waals surface area (Å²) in [6.07, 6.45) is 0. The van der Waals surface area contributed by atoms with Crippen LogP contribution < -0.4 is 0 Å². The second-order valence-corrected chi connectivity index (χ2v) is 4.47. The zero-order valence-electron chi connectivity index (χ0n) is 12.1. The van der Waals surface area contributed by atoms with Crippen molar-refractivity contribution < 1.29 is 19.6 Å². The molecule has 0 aliphatic carbocycles. The van der Waals surface area contributed by atoms with Crippen LogP contribution >= 0.6 is 0 Å². The molecule has 0 spiro atoms. The van der Waals surface area contributed by atoms with E-state index in [9.17, 15) is 14.9 Å². The molecule has 0 bridgehead atoms. The van der Waals surface area contributed by atoms with Crippen molar-refractivity contribution in [2.75, 3.05) is 0 Å². The molecule has 6 nitrogen and oxygen atoms in total. The number of carbonyl (C=O) groups is 2. The van der Waals surface area contributed by atoms with Gasteiger partial charge in [-0.25, -0.2) is 0 Å². The number of benzene rings is 2. The molecule has 0 atom stereocenters. The minimum Gasteiger partial charge on any atom is -0.481 e. The highest BCUT2D eigenvalue weighted by molar-refractivity contribution is 6.09. The Labute approximate surface area is 127 Å². The molecule has 1 N–H and O–H groups in total. The number of nitrogens with zero attached hydrogens (tertiary/aromatic N) is 1. The predicted octanol–water partition coefficient (Wildman–Crippen LogP) is 3.23. The lowest BCUT2D eigenvalue weighted by molar-refractivity contribution is -0.385. The summed E-state index contributed by atoms with van der Waals surface area (Å²) in [5.74, 6) is -0.964. The molecule has 0 aliphatic heterocycles. The maximum Gasteiger partial charge on any atom is 0.300 e. The maximum absolute atomic E-state index is 12.1. The summed E-state index contributed by atoms with van der Waals surface area (Å²) in [5.41, 5.74) is 1.55. The number of aliphatic carboxylic acids is 1. The molecule has 2 rings (SSSR count). The Bertz CT molecular complexity index is 691. The van der Waals surface area contributed by atoms with E-state index < -0.39 is 10.9 Å². The van der Waals surface area contributed by atoms with Crippen LogP contribution in [0.2, 0.25) is 0 Å². The molecule has 0 unspecified atom stereocenters. The Morgan fingerprint density at radius 3 is 2.05 bits per heavy atom. The average Bonchev–Trinajstić information content (AvgIpc) is 2.46. The van der Waals surface area contributed by atoms with Crippen LogP contribution in [0.1, 0.15) is 28.4 Å². The van der Waals surface area contributed by atoms with Gasteiger partial charge in [0.2, 0.25) is 0 Å². The van der Waals surface area contributed by atoms with Crippen LogP contribution in [-0.4, -0.2) is 21.8 Å². The zero-order valence-corrected chi connectivity index (χ0v) is 12.1. The Balaban J connectivity index is 0.000000541. The van der Waals surface area contributed by atoms with E-state index in [-0.39, 0.29) is 11.5 Å². The minimum absolute atomic E-state index is 0.0274. The van der Waals surface area contributed by atoms with E-state index in [1.807, 2.05) is 6.07 Å². The van der Waals surface area contributed by atoms with Gasteiger partial charge in [0, 0.05) is 29.7 Å². The van der Waals surface area contributed by atoms with E-state index in [1.54, 1.807) is 37.3 Å². The maximum atomic E-state index is 12.1. The molecule has 2 aromatic rings. The van der Waals surface area contributed by atoms with Crippen molar-refractivity contribution in [3.05, 3.63) is 75.3 Å². The standard InChI is InChI=1S/C14H11NO3.C2H4O2/c1-10-9-12(7-8-13(10)15(17)18)14(16)11-5-3-2-4-6-11;1-2(3)4/h2-9H,1H3;1H3,(H,3,4). The van der Waals surface area contributed by atoms with E-state index in [4.69, 9.17) is 9.90 Å². The molecule has 0 aliphatic rings. The van der Waals surface area contributed by atoms with Crippen molar-refractivity contribution in [2.45, 2.75) is 13.8 Å². The molecule has 0 radical (unpaired) electrons. The third-order valence-electron chi connectivity index (χ3n) is 2.69. The van der Waals surface area contributed by atoms with E-state index in [0.717, 1.165) is 6.92 Å². The van der Waals surface area contributed by atoms with Gasteiger partial charge in [-0.15, -0.1) is 0 Å². The van der Waals surface area contributed by atoms with Gasteiger partial charge < -0.3 is 5.11 Å². The second kappa shape index (κ2) is 7.68. The number of ketones is 1. The topological polar surface area (TPSA) is 97.5 Å². The Morgan fingerprint density at radius 1 is 1.05 bits per heavy atom. The fraction of sp³-hybridized carbons (Fsp3) is 0.125. The largest absolute Gasteiger partial charge is 0.481 e. The summed E-state index contributed by atoms with van der Waals surface area (Å²) in [6, 6.07) is 13.2. The van der Waals surface area contributed by atoms with E-state index in [1.165, 1.54) is 12.1 Å². The number of rotatable bonds is 3. The van der Waals surface area contributed by atoms with E-state index in [2.05, 4.69) is 0 Å². The van der Waals surface area contributed by atoms with Gasteiger partial charge in [0.25, 0.3) is 11.7 Å². The monoisotopic (exact) mass is 301 g/mol. The van der Waals surface area contributed by atoms with Crippen LogP contribution in [-0.2, 0) is 4.79 Å².